The predicted octanol–water partition coefficient (Wildman–Crippen LogP) is 7.15. The first-order valence-electron chi connectivity index (χ1n) is 12.3. The molecule has 0 aromatic heterocycles. The molecule has 32 heavy (non-hydrogen) atoms. The molecule has 0 atom stereocenters. The Bertz CT molecular complexity index is 750. The normalized spacial score (nSPS) is 13.4. The fourth-order valence-corrected chi connectivity index (χ4v) is 9.78. The minimum atomic E-state index is -2.39. The van der Waals surface area contributed by atoms with Crippen molar-refractivity contribution in [2.45, 2.75) is 90.4 Å². The zero-order valence-corrected chi connectivity index (χ0v) is 23.8. The Hall–Kier alpha value is -1.21. The molecule has 2 rings (SSSR count). The van der Waals surface area contributed by atoms with Crippen LogP contribution in [-0.4, -0.2) is 29.8 Å². The molecular formula is C28H46O2Si2. The van der Waals surface area contributed by atoms with E-state index in [1.807, 2.05) is 0 Å². The first-order chi connectivity index (χ1) is 14.9. The highest BCUT2D eigenvalue weighted by atomic mass is 28.4. The topological polar surface area (TPSA) is 18.5 Å². The predicted molar refractivity (Wildman–Crippen MR) is 145 cm³/mol. The Labute approximate surface area is 200 Å². The van der Waals surface area contributed by atoms with Crippen LogP contribution in [0.3, 0.4) is 0 Å². The maximum Gasteiger partial charge on any atom is 0.261 e. The molecule has 0 spiro atoms. The molecule has 2 aromatic rings. The minimum absolute atomic E-state index is 0.0483. The third-order valence-corrected chi connectivity index (χ3v) is 16.6. The standard InChI is InChI=1S/C28H46O2Si2/c1-27(2,3)31(7,8)29-23-17-9-10-18-24-30-32(28(4,5)6,25-19-13-11-14-20-25)26-21-15-12-16-22-26/h11-16,19-22H,9-10,17-18,23-24H2,1-8H3. The van der Waals surface area contributed by atoms with E-state index in [0.717, 1.165) is 26.1 Å². The molecule has 0 bridgehead atoms. The SMILES string of the molecule is CC(C)(C)[Si](C)(C)OCCCCCCO[Si](c1ccccc1)(c1ccccc1)C(C)(C)C. The number of hydrogen-bond acceptors (Lipinski definition) is 2. The van der Waals surface area contributed by atoms with Gasteiger partial charge in [-0.2, -0.15) is 0 Å². The molecule has 178 valence electrons. The van der Waals surface area contributed by atoms with Crippen LogP contribution in [0.1, 0.15) is 67.2 Å². The molecule has 0 aliphatic heterocycles. The van der Waals surface area contributed by atoms with E-state index in [-0.39, 0.29) is 10.1 Å². The van der Waals surface area contributed by atoms with E-state index in [1.165, 1.54) is 23.2 Å². The maximum absolute atomic E-state index is 6.99. The summed E-state index contributed by atoms with van der Waals surface area (Å²) in [5, 5.41) is 3.06. The summed E-state index contributed by atoms with van der Waals surface area (Å²) < 4.78 is 13.3. The molecule has 0 heterocycles. The molecule has 0 N–H and O–H groups in total. The lowest BCUT2D eigenvalue weighted by Gasteiger charge is -2.43. The zero-order chi connectivity index (χ0) is 23.9. The number of rotatable bonds is 11. The summed E-state index contributed by atoms with van der Waals surface area (Å²) in [7, 11) is -4.01. The summed E-state index contributed by atoms with van der Waals surface area (Å²) in [6.45, 7) is 20.3. The van der Waals surface area contributed by atoms with Crippen LogP contribution in [0.15, 0.2) is 60.7 Å². The van der Waals surface area contributed by atoms with E-state index >= 15 is 0 Å². The summed E-state index contributed by atoms with van der Waals surface area (Å²) in [6.07, 6.45) is 4.65. The van der Waals surface area contributed by atoms with Crippen molar-refractivity contribution in [1.82, 2.24) is 0 Å². The van der Waals surface area contributed by atoms with Crippen LogP contribution in [0.4, 0.5) is 0 Å². The van der Waals surface area contributed by atoms with Crippen LogP contribution < -0.4 is 10.4 Å². The van der Waals surface area contributed by atoms with Gasteiger partial charge in [0.25, 0.3) is 8.32 Å². The van der Waals surface area contributed by atoms with Crippen molar-refractivity contribution in [3.8, 4) is 0 Å². The van der Waals surface area contributed by atoms with Gasteiger partial charge in [-0.15, -0.1) is 0 Å². The van der Waals surface area contributed by atoms with Gasteiger partial charge in [0, 0.05) is 13.2 Å². The Morgan fingerprint density at radius 3 is 1.34 bits per heavy atom. The van der Waals surface area contributed by atoms with Gasteiger partial charge >= 0.3 is 0 Å². The van der Waals surface area contributed by atoms with Crippen LogP contribution in [0.25, 0.3) is 0 Å². The lowest BCUT2D eigenvalue weighted by Crippen LogP contribution is -2.66. The van der Waals surface area contributed by atoms with Crippen molar-refractivity contribution >= 4 is 27.0 Å². The number of unbranched alkanes of at least 4 members (excludes halogenated alkanes) is 3. The van der Waals surface area contributed by atoms with Gasteiger partial charge in [-0.05, 0) is 46.4 Å². The fraction of sp³-hybridized carbons (Fsp3) is 0.571. The monoisotopic (exact) mass is 470 g/mol. The molecule has 2 aromatic carbocycles. The molecule has 2 nitrogen and oxygen atoms in total. The Morgan fingerprint density at radius 2 is 0.969 bits per heavy atom. The molecule has 0 unspecified atom stereocenters. The summed E-state index contributed by atoms with van der Waals surface area (Å²) in [6, 6.07) is 21.9. The summed E-state index contributed by atoms with van der Waals surface area (Å²) in [5.74, 6) is 0. The molecule has 0 saturated heterocycles. The van der Waals surface area contributed by atoms with E-state index < -0.39 is 16.6 Å². The molecular weight excluding hydrogens is 424 g/mol. The summed E-state index contributed by atoms with van der Waals surface area (Å²) in [4.78, 5) is 0. The molecule has 0 radical (unpaired) electrons. The van der Waals surface area contributed by atoms with Gasteiger partial charge in [-0.1, -0.05) is 115 Å². The quantitative estimate of drug-likeness (QED) is 0.256. The second-order valence-electron chi connectivity index (χ2n) is 11.5. The first kappa shape index (κ1) is 27.0. The highest BCUT2D eigenvalue weighted by molar-refractivity contribution is 6.99. The molecule has 0 saturated carbocycles. The Morgan fingerprint density at radius 1 is 0.562 bits per heavy atom. The number of benzene rings is 2. The van der Waals surface area contributed by atoms with E-state index in [4.69, 9.17) is 8.85 Å². The average molecular weight is 471 g/mol. The van der Waals surface area contributed by atoms with Crippen LogP contribution in [0.2, 0.25) is 23.2 Å². The third kappa shape index (κ3) is 6.66. The second-order valence-corrected chi connectivity index (χ2v) is 20.6. The minimum Gasteiger partial charge on any atom is -0.417 e. The van der Waals surface area contributed by atoms with Gasteiger partial charge in [0.2, 0.25) is 0 Å². The van der Waals surface area contributed by atoms with Crippen molar-refractivity contribution in [3.05, 3.63) is 60.7 Å². The Kier molecular flexibility index (Phi) is 9.53. The Balaban J connectivity index is 1.98. The van der Waals surface area contributed by atoms with Gasteiger partial charge in [0.1, 0.15) is 0 Å². The van der Waals surface area contributed by atoms with E-state index in [0.29, 0.717) is 0 Å². The fourth-order valence-electron chi connectivity index (χ4n) is 4.09. The lowest BCUT2D eigenvalue weighted by molar-refractivity contribution is 0.266. The number of hydrogen-bond donors (Lipinski definition) is 0. The highest BCUT2D eigenvalue weighted by Gasteiger charge is 2.49. The smallest absolute Gasteiger partial charge is 0.261 e. The van der Waals surface area contributed by atoms with Gasteiger partial charge in [-0.3, -0.25) is 0 Å². The van der Waals surface area contributed by atoms with Crippen molar-refractivity contribution in [1.29, 1.82) is 0 Å². The van der Waals surface area contributed by atoms with E-state index in [1.54, 1.807) is 0 Å². The first-order valence-corrected chi connectivity index (χ1v) is 17.1. The molecule has 0 amide bonds. The van der Waals surface area contributed by atoms with Crippen molar-refractivity contribution in [2.24, 2.45) is 0 Å². The van der Waals surface area contributed by atoms with Gasteiger partial charge in [0.05, 0.1) is 0 Å². The highest BCUT2D eigenvalue weighted by Crippen LogP contribution is 2.37. The molecule has 0 aliphatic rings. The molecule has 4 heteroatoms. The van der Waals surface area contributed by atoms with Crippen LogP contribution >= 0.6 is 0 Å². The maximum atomic E-state index is 6.99. The van der Waals surface area contributed by atoms with Crippen molar-refractivity contribution < 1.29 is 8.85 Å². The molecule has 0 aliphatic carbocycles. The summed E-state index contributed by atoms with van der Waals surface area (Å²) >= 11 is 0. The lowest BCUT2D eigenvalue weighted by atomic mass is 10.2. The largest absolute Gasteiger partial charge is 0.417 e. The van der Waals surface area contributed by atoms with Crippen LogP contribution in [-0.2, 0) is 8.85 Å². The van der Waals surface area contributed by atoms with Gasteiger partial charge in [0.15, 0.2) is 8.32 Å². The zero-order valence-electron chi connectivity index (χ0n) is 21.8. The van der Waals surface area contributed by atoms with Crippen molar-refractivity contribution in [3.63, 3.8) is 0 Å². The third-order valence-electron chi connectivity index (χ3n) is 7.04. The van der Waals surface area contributed by atoms with Crippen LogP contribution in [0.5, 0.6) is 0 Å². The second kappa shape index (κ2) is 11.3. The van der Waals surface area contributed by atoms with Crippen LogP contribution in [0, 0.1) is 0 Å². The summed E-state index contributed by atoms with van der Waals surface area (Å²) in [5.41, 5.74) is 0. The van der Waals surface area contributed by atoms with Gasteiger partial charge < -0.3 is 8.85 Å². The van der Waals surface area contributed by atoms with E-state index in [9.17, 15) is 0 Å². The molecule has 0 fully saturated rings. The van der Waals surface area contributed by atoms with E-state index in [2.05, 4.69) is 115 Å². The average Bonchev–Trinajstić information content (AvgIpc) is 2.72. The van der Waals surface area contributed by atoms with Gasteiger partial charge in [-0.25, -0.2) is 0 Å². The van der Waals surface area contributed by atoms with Crippen molar-refractivity contribution in [2.75, 3.05) is 13.2 Å².